The lowest BCUT2D eigenvalue weighted by molar-refractivity contribution is -0.144. The van der Waals surface area contributed by atoms with Gasteiger partial charge in [0.2, 0.25) is 0 Å². The van der Waals surface area contributed by atoms with E-state index in [2.05, 4.69) is 30.3 Å². The minimum Gasteiger partial charge on any atom is -0.481 e. The average molecular weight is 270 g/mol. The van der Waals surface area contributed by atoms with E-state index in [1.165, 1.54) is 37.7 Å². The summed E-state index contributed by atoms with van der Waals surface area (Å²) >= 11 is 0. The van der Waals surface area contributed by atoms with Crippen molar-refractivity contribution in [3.05, 3.63) is 35.9 Å². The number of benzene rings is 1. The molecule has 4 fully saturated rings. The smallest absolute Gasteiger partial charge is 0.303 e. The van der Waals surface area contributed by atoms with E-state index in [9.17, 15) is 9.90 Å². The molecule has 3 atom stereocenters. The van der Waals surface area contributed by atoms with Gasteiger partial charge in [0, 0.05) is 6.42 Å². The Balaban J connectivity index is 1.78. The molecule has 4 aliphatic carbocycles. The van der Waals surface area contributed by atoms with Gasteiger partial charge in [0.15, 0.2) is 0 Å². The largest absolute Gasteiger partial charge is 0.481 e. The topological polar surface area (TPSA) is 37.3 Å². The summed E-state index contributed by atoms with van der Waals surface area (Å²) in [5.74, 6) is 2.08. The van der Waals surface area contributed by atoms with Crippen molar-refractivity contribution >= 4 is 5.97 Å². The highest BCUT2D eigenvalue weighted by atomic mass is 16.4. The molecule has 4 aliphatic rings. The summed E-state index contributed by atoms with van der Waals surface area (Å²) in [6.45, 7) is 0. The number of carbonyl (C=O) groups is 1. The molecule has 1 aromatic carbocycles. The van der Waals surface area contributed by atoms with E-state index in [1.54, 1.807) is 0 Å². The van der Waals surface area contributed by atoms with Crippen LogP contribution in [0.4, 0.5) is 0 Å². The van der Waals surface area contributed by atoms with Gasteiger partial charge in [0.1, 0.15) is 0 Å². The number of carboxylic acids is 1. The molecule has 4 bridgehead atoms. The zero-order chi connectivity index (χ0) is 13.7. The van der Waals surface area contributed by atoms with E-state index in [4.69, 9.17) is 0 Å². The van der Waals surface area contributed by atoms with Crippen molar-refractivity contribution in [3.63, 3.8) is 0 Å². The molecule has 1 aromatic rings. The summed E-state index contributed by atoms with van der Waals surface area (Å²) in [5.41, 5.74) is 1.57. The number of carboxylic acid groups (broad SMARTS) is 1. The minimum absolute atomic E-state index is 0.161. The first kappa shape index (κ1) is 12.4. The van der Waals surface area contributed by atoms with E-state index >= 15 is 0 Å². The maximum absolute atomic E-state index is 11.4. The van der Waals surface area contributed by atoms with Crippen LogP contribution in [-0.4, -0.2) is 11.1 Å². The van der Waals surface area contributed by atoms with Gasteiger partial charge in [-0.1, -0.05) is 30.3 Å². The molecule has 4 saturated carbocycles. The molecule has 0 aliphatic heterocycles. The van der Waals surface area contributed by atoms with Gasteiger partial charge in [0.25, 0.3) is 0 Å². The summed E-state index contributed by atoms with van der Waals surface area (Å²) in [5, 5.41) is 9.36. The standard InChI is InChI=1S/C18H22O2/c19-17(20)9-16-14-7-12-6-13(8-14)11-18(16,10-12)15-4-2-1-3-5-15/h1-5,12-14,16H,6-11H2,(H,19,20). The summed E-state index contributed by atoms with van der Waals surface area (Å²) in [6, 6.07) is 10.8. The molecule has 0 radical (unpaired) electrons. The van der Waals surface area contributed by atoms with Gasteiger partial charge in [-0.15, -0.1) is 0 Å². The van der Waals surface area contributed by atoms with Crippen molar-refractivity contribution < 1.29 is 9.90 Å². The zero-order valence-corrected chi connectivity index (χ0v) is 11.8. The van der Waals surface area contributed by atoms with Gasteiger partial charge in [0.05, 0.1) is 0 Å². The summed E-state index contributed by atoms with van der Waals surface area (Å²) in [6.07, 6.45) is 6.76. The fraction of sp³-hybridized carbons (Fsp3) is 0.611. The SMILES string of the molecule is O=C(O)CC1C2CC3CC(C2)CC1(c1ccccc1)C3. The number of rotatable bonds is 3. The predicted molar refractivity (Wildman–Crippen MR) is 77.4 cm³/mol. The first-order valence-corrected chi connectivity index (χ1v) is 7.95. The normalized spacial score (nSPS) is 41.8. The average Bonchev–Trinajstić information content (AvgIpc) is 2.43. The van der Waals surface area contributed by atoms with Crippen molar-refractivity contribution in [2.45, 2.75) is 43.9 Å². The zero-order valence-electron chi connectivity index (χ0n) is 11.8. The van der Waals surface area contributed by atoms with Gasteiger partial charge in [-0.3, -0.25) is 4.79 Å². The van der Waals surface area contributed by atoms with Crippen LogP contribution in [0, 0.1) is 23.7 Å². The number of hydrogen-bond donors (Lipinski definition) is 1. The van der Waals surface area contributed by atoms with Gasteiger partial charge in [-0.25, -0.2) is 0 Å². The first-order chi connectivity index (χ1) is 9.67. The van der Waals surface area contributed by atoms with Gasteiger partial charge in [-0.2, -0.15) is 0 Å². The summed E-state index contributed by atoms with van der Waals surface area (Å²) in [7, 11) is 0. The highest BCUT2D eigenvalue weighted by Crippen LogP contribution is 2.64. The van der Waals surface area contributed by atoms with Crippen molar-refractivity contribution in [2.24, 2.45) is 23.7 Å². The Hall–Kier alpha value is -1.31. The van der Waals surface area contributed by atoms with E-state index in [-0.39, 0.29) is 5.41 Å². The van der Waals surface area contributed by atoms with E-state index < -0.39 is 5.97 Å². The van der Waals surface area contributed by atoms with E-state index in [0.29, 0.717) is 18.3 Å². The third-order valence-corrected chi connectivity index (χ3v) is 6.27. The van der Waals surface area contributed by atoms with Crippen molar-refractivity contribution in [1.82, 2.24) is 0 Å². The number of hydrogen-bond acceptors (Lipinski definition) is 1. The van der Waals surface area contributed by atoms with Crippen molar-refractivity contribution in [2.75, 3.05) is 0 Å². The molecule has 0 spiro atoms. The molecule has 0 heterocycles. The van der Waals surface area contributed by atoms with E-state index in [1.807, 2.05) is 0 Å². The first-order valence-electron chi connectivity index (χ1n) is 7.95. The minimum atomic E-state index is -0.613. The fourth-order valence-corrected chi connectivity index (χ4v) is 5.92. The van der Waals surface area contributed by atoms with Crippen LogP contribution in [0.25, 0.3) is 0 Å². The molecule has 0 saturated heterocycles. The Labute approximate surface area is 120 Å². The predicted octanol–water partition coefficient (Wildman–Crippen LogP) is 3.86. The monoisotopic (exact) mass is 270 g/mol. The Kier molecular flexibility index (Phi) is 2.70. The van der Waals surface area contributed by atoms with Crippen LogP contribution in [0.3, 0.4) is 0 Å². The quantitative estimate of drug-likeness (QED) is 0.905. The molecule has 5 rings (SSSR count). The summed E-state index contributed by atoms with van der Waals surface area (Å²) in [4.78, 5) is 11.4. The Bertz CT molecular complexity index is 507. The third kappa shape index (κ3) is 1.73. The summed E-state index contributed by atoms with van der Waals surface area (Å²) < 4.78 is 0. The molecule has 3 unspecified atom stereocenters. The Morgan fingerprint density at radius 3 is 2.35 bits per heavy atom. The molecule has 1 N–H and O–H groups in total. The van der Waals surface area contributed by atoms with Gasteiger partial charge >= 0.3 is 5.97 Å². The fourth-order valence-electron chi connectivity index (χ4n) is 5.92. The highest BCUT2D eigenvalue weighted by molar-refractivity contribution is 5.67. The molecule has 2 nitrogen and oxygen atoms in total. The lowest BCUT2D eigenvalue weighted by Gasteiger charge is -2.61. The van der Waals surface area contributed by atoms with Gasteiger partial charge in [-0.05, 0) is 66.8 Å². The van der Waals surface area contributed by atoms with Gasteiger partial charge < -0.3 is 5.11 Å². The van der Waals surface area contributed by atoms with Crippen LogP contribution in [0.2, 0.25) is 0 Å². The molecule has 106 valence electrons. The Morgan fingerprint density at radius 2 is 1.75 bits per heavy atom. The molecule has 2 heteroatoms. The van der Waals surface area contributed by atoms with E-state index in [0.717, 1.165) is 11.8 Å². The maximum atomic E-state index is 11.4. The molecule has 20 heavy (non-hydrogen) atoms. The van der Waals surface area contributed by atoms with Crippen LogP contribution in [0.5, 0.6) is 0 Å². The van der Waals surface area contributed by atoms with Crippen LogP contribution < -0.4 is 0 Å². The second-order valence-electron chi connectivity index (χ2n) is 7.33. The lowest BCUT2D eigenvalue weighted by Crippen LogP contribution is -2.55. The molecule has 0 aromatic heterocycles. The van der Waals surface area contributed by atoms with Crippen LogP contribution in [0.15, 0.2) is 30.3 Å². The van der Waals surface area contributed by atoms with Crippen LogP contribution in [-0.2, 0) is 10.2 Å². The van der Waals surface area contributed by atoms with Crippen LogP contribution in [0.1, 0.15) is 44.1 Å². The second-order valence-corrected chi connectivity index (χ2v) is 7.33. The molecular formula is C18H22O2. The lowest BCUT2D eigenvalue weighted by atomic mass is 9.43. The molecule has 0 amide bonds. The second kappa shape index (κ2) is 4.34. The Morgan fingerprint density at radius 1 is 1.10 bits per heavy atom. The highest BCUT2D eigenvalue weighted by Gasteiger charge is 2.57. The number of aliphatic carboxylic acids is 1. The third-order valence-electron chi connectivity index (χ3n) is 6.27. The van der Waals surface area contributed by atoms with Crippen molar-refractivity contribution in [1.29, 1.82) is 0 Å². The molecular weight excluding hydrogens is 248 g/mol. The van der Waals surface area contributed by atoms with Crippen LogP contribution >= 0.6 is 0 Å². The van der Waals surface area contributed by atoms with Crippen molar-refractivity contribution in [3.8, 4) is 0 Å². The maximum Gasteiger partial charge on any atom is 0.303 e.